The summed E-state index contributed by atoms with van der Waals surface area (Å²) >= 11 is 0. The van der Waals surface area contributed by atoms with Crippen molar-refractivity contribution in [1.29, 1.82) is 0 Å². The Morgan fingerprint density at radius 3 is 2.04 bits per heavy atom. The Kier molecular flexibility index (Phi) is 5.92. The van der Waals surface area contributed by atoms with Gasteiger partial charge in [0.1, 0.15) is 24.4 Å². The van der Waals surface area contributed by atoms with Gasteiger partial charge >= 0.3 is 0 Å². The standard InChI is InChI=1S/C18H21N3O5/c22-10-14-15(23)16(24)17(25)18(26-14)19-11-6-8-13(9-7-11)21-20-12-4-2-1-3-5-12/h1-9,14-19,22-25H,10H2/t14-,15-,16+,17+,18+/m1/s1. The van der Waals surface area contributed by atoms with E-state index in [-0.39, 0.29) is 0 Å². The van der Waals surface area contributed by atoms with Crippen molar-refractivity contribution in [2.24, 2.45) is 10.2 Å². The fourth-order valence-electron chi connectivity index (χ4n) is 2.62. The lowest BCUT2D eigenvalue weighted by Gasteiger charge is -2.40. The molecule has 8 nitrogen and oxygen atoms in total. The van der Waals surface area contributed by atoms with E-state index in [2.05, 4.69) is 15.5 Å². The van der Waals surface area contributed by atoms with E-state index in [4.69, 9.17) is 4.74 Å². The van der Waals surface area contributed by atoms with Gasteiger partial charge in [-0.1, -0.05) is 18.2 Å². The molecule has 26 heavy (non-hydrogen) atoms. The lowest BCUT2D eigenvalue weighted by molar-refractivity contribution is -0.221. The summed E-state index contributed by atoms with van der Waals surface area (Å²) in [4.78, 5) is 0. The van der Waals surface area contributed by atoms with Crippen molar-refractivity contribution in [3.05, 3.63) is 54.6 Å². The summed E-state index contributed by atoms with van der Waals surface area (Å²) in [6, 6.07) is 16.3. The molecule has 0 radical (unpaired) electrons. The molecule has 8 heteroatoms. The number of ether oxygens (including phenoxy) is 1. The molecule has 1 aliphatic heterocycles. The second kappa shape index (κ2) is 8.35. The van der Waals surface area contributed by atoms with E-state index in [0.29, 0.717) is 11.4 Å². The van der Waals surface area contributed by atoms with Gasteiger partial charge in [0.15, 0.2) is 6.23 Å². The molecule has 1 heterocycles. The van der Waals surface area contributed by atoms with E-state index in [1.54, 1.807) is 24.3 Å². The number of aliphatic hydroxyl groups excluding tert-OH is 4. The fourth-order valence-corrected chi connectivity index (χ4v) is 2.62. The SMILES string of the molecule is OC[C@H]1O[C@H](Nc2ccc(N=Nc3ccccc3)cc2)[C@@H](O)[C@@H](O)[C@@H]1O. The summed E-state index contributed by atoms with van der Waals surface area (Å²) in [6.07, 6.45) is -6.07. The molecule has 0 saturated carbocycles. The normalized spacial score (nSPS) is 29.0. The Labute approximate surface area is 150 Å². The van der Waals surface area contributed by atoms with Gasteiger partial charge in [-0.05, 0) is 36.4 Å². The molecule has 0 unspecified atom stereocenters. The number of nitrogens with one attached hydrogen (secondary N) is 1. The van der Waals surface area contributed by atoms with Crippen molar-refractivity contribution in [2.45, 2.75) is 30.6 Å². The first-order valence-electron chi connectivity index (χ1n) is 8.22. The van der Waals surface area contributed by atoms with Gasteiger partial charge in [0, 0.05) is 5.69 Å². The predicted octanol–water partition coefficient (Wildman–Crippen LogP) is 1.31. The molecule has 3 rings (SSSR count). The molecule has 5 N–H and O–H groups in total. The summed E-state index contributed by atoms with van der Waals surface area (Å²) in [7, 11) is 0. The average molecular weight is 359 g/mol. The van der Waals surface area contributed by atoms with E-state index < -0.39 is 37.3 Å². The van der Waals surface area contributed by atoms with Crippen LogP contribution < -0.4 is 5.32 Å². The summed E-state index contributed by atoms with van der Waals surface area (Å²) in [5.41, 5.74) is 2.01. The molecule has 0 bridgehead atoms. The highest BCUT2D eigenvalue weighted by Crippen LogP contribution is 2.25. The quantitative estimate of drug-likeness (QED) is 0.512. The van der Waals surface area contributed by atoms with Crippen LogP contribution in [-0.4, -0.2) is 57.7 Å². The third-order valence-corrected chi connectivity index (χ3v) is 4.11. The van der Waals surface area contributed by atoms with Crippen LogP contribution in [0.1, 0.15) is 0 Å². The maximum atomic E-state index is 10.0. The first-order chi connectivity index (χ1) is 12.6. The third kappa shape index (κ3) is 4.24. The number of aliphatic hydroxyl groups is 4. The molecule has 0 spiro atoms. The van der Waals surface area contributed by atoms with E-state index in [1.807, 2.05) is 30.3 Å². The molecule has 1 aliphatic rings. The van der Waals surface area contributed by atoms with E-state index in [1.165, 1.54) is 0 Å². The molecule has 138 valence electrons. The fraction of sp³-hybridized carbons (Fsp3) is 0.333. The number of rotatable bonds is 5. The molecule has 2 aromatic rings. The van der Waals surface area contributed by atoms with Crippen LogP contribution in [0, 0.1) is 0 Å². The maximum Gasteiger partial charge on any atom is 0.157 e. The minimum atomic E-state index is -1.42. The van der Waals surface area contributed by atoms with Crippen LogP contribution in [0.25, 0.3) is 0 Å². The zero-order valence-electron chi connectivity index (χ0n) is 13.9. The van der Waals surface area contributed by atoms with Crippen LogP contribution in [-0.2, 0) is 4.74 Å². The second-order valence-corrected chi connectivity index (χ2v) is 5.98. The van der Waals surface area contributed by atoms with Gasteiger partial charge in [0.2, 0.25) is 0 Å². The van der Waals surface area contributed by atoms with Crippen molar-refractivity contribution in [3.63, 3.8) is 0 Å². The van der Waals surface area contributed by atoms with Gasteiger partial charge in [-0.3, -0.25) is 0 Å². The summed E-state index contributed by atoms with van der Waals surface area (Å²) < 4.78 is 5.41. The second-order valence-electron chi connectivity index (χ2n) is 5.98. The first-order valence-corrected chi connectivity index (χ1v) is 8.22. The zero-order chi connectivity index (χ0) is 18.5. The highest BCUT2D eigenvalue weighted by Gasteiger charge is 2.43. The summed E-state index contributed by atoms with van der Waals surface area (Å²) in [5.74, 6) is 0. The number of anilines is 1. The van der Waals surface area contributed by atoms with Gasteiger partial charge in [-0.2, -0.15) is 10.2 Å². The average Bonchev–Trinajstić information content (AvgIpc) is 2.68. The zero-order valence-corrected chi connectivity index (χ0v) is 13.9. The number of nitrogens with zero attached hydrogens (tertiary/aromatic N) is 2. The van der Waals surface area contributed by atoms with Crippen molar-refractivity contribution in [1.82, 2.24) is 0 Å². The first kappa shape index (κ1) is 18.4. The van der Waals surface area contributed by atoms with E-state index in [9.17, 15) is 20.4 Å². The Hall–Kier alpha value is -2.36. The van der Waals surface area contributed by atoms with E-state index >= 15 is 0 Å². The van der Waals surface area contributed by atoms with Crippen molar-refractivity contribution < 1.29 is 25.2 Å². The van der Waals surface area contributed by atoms with Crippen molar-refractivity contribution >= 4 is 17.1 Å². The molecule has 0 amide bonds. The Bertz CT molecular complexity index is 723. The minimum Gasteiger partial charge on any atom is -0.394 e. The van der Waals surface area contributed by atoms with Gasteiger partial charge in [-0.25, -0.2) is 0 Å². The van der Waals surface area contributed by atoms with Crippen LogP contribution in [0.5, 0.6) is 0 Å². The van der Waals surface area contributed by atoms with Crippen LogP contribution in [0.15, 0.2) is 64.8 Å². The van der Waals surface area contributed by atoms with Gasteiger partial charge in [0.05, 0.1) is 18.0 Å². The van der Waals surface area contributed by atoms with Gasteiger partial charge in [0.25, 0.3) is 0 Å². The van der Waals surface area contributed by atoms with Crippen LogP contribution >= 0.6 is 0 Å². The predicted molar refractivity (Wildman–Crippen MR) is 94.4 cm³/mol. The highest BCUT2D eigenvalue weighted by atomic mass is 16.6. The third-order valence-electron chi connectivity index (χ3n) is 4.11. The van der Waals surface area contributed by atoms with E-state index in [0.717, 1.165) is 5.69 Å². The van der Waals surface area contributed by atoms with Crippen molar-refractivity contribution in [2.75, 3.05) is 11.9 Å². The molecule has 0 aliphatic carbocycles. The molecule has 1 fully saturated rings. The summed E-state index contributed by atoms with van der Waals surface area (Å²) in [5, 5.41) is 50.0. The number of azo groups is 1. The summed E-state index contributed by atoms with van der Waals surface area (Å²) in [6.45, 7) is -0.470. The lowest BCUT2D eigenvalue weighted by Crippen LogP contribution is -2.60. The lowest BCUT2D eigenvalue weighted by atomic mass is 9.98. The number of hydrogen-bond donors (Lipinski definition) is 5. The van der Waals surface area contributed by atoms with Crippen molar-refractivity contribution in [3.8, 4) is 0 Å². The molecule has 5 atom stereocenters. The molecular weight excluding hydrogens is 338 g/mol. The number of hydrogen-bond acceptors (Lipinski definition) is 8. The molecule has 1 saturated heterocycles. The molecule has 2 aromatic carbocycles. The minimum absolute atomic E-state index is 0.470. The van der Waals surface area contributed by atoms with Gasteiger partial charge in [-0.15, -0.1) is 0 Å². The highest BCUT2D eigenvalue weighted by molar-refractivity contribution is 5.51. The van der Waals surface area contributed by atoms with Gasteiger partial charge < -0.3 is 30.5 Å². The molecular formula is C18H21N3O5. The van der Waals surface area contributed by atoms with Crippen LogP contribution in [0.2, 0.25) is 0 Å². The Balaban J connectivity index is 1.64. The smallest absolute Gasteiger partial charge is 0.157 e. The Morgan fingerprint density at radius 1 is 0.808 bits per heavy atom. The maximum absolute atomic E-state index is 10.0. The largest absolute Gasteiger partial charge is 0.394 e. The van der Waals surface area contributed by atoms with Crippen LogP contribution in [0.3, 0.4) is 0 Å². The van der Waals surface area contributed by atoms with Crippen LogP contribution in [0.4, 0.5) is 17.1 Å². The molecule has 0 aromatic heterocycles. The Morgan fingerprint density at radius 2 is 1.42 bits per heavy atom. The topological polar surface area (TPSA) is 127 Å². The monoisotopic (exact) mass is 359 g/mol. The number of benzene rings is 2.